The van der Waals surface area contributed by atoms with Gasteiger partial charge in [0.1, 0.15) is 5.82 Å². The Balaban J connectivity index is 2.10. The van der Waals surface area contributed by atoms with Gasteiger partial charge in [0.15, 0.2) is 5.96 Å². The van der Waals surface area contributed by atoms with Crippen LogP contribution in [-0.2, 0) is 16.0 Å². The van der Waals surface area contributed by atoms with Gasteiger partial charge in [0.05, 0.1) is 13.2 Å². The van der Waals surface area contributed by atoms with Crippen LogP contribution in [0.15, 0.2) is 17.4 Å². The van der Waals surface area contributed by atoms with Gasteiger partial charge < -0.3 is 24.7 Å². The smallest absolute Gasteiger partial charge is 0.191 e. The lowest BCUT2D eigenvalue weighted by atomic mass is 10.3. The van der Waals surface area contributed by atoms with Gasteiger partial charge in [-0.2, -0.15) is 0 Å². The molecule has 0 aromatic carbocycles. The van der Waals surface area contributed by atoms with E-state index in [1.54, 1.807) is 7.11 Å². The maximum Gasteiger partial charge on any atom is 0.191 e. The van der Waals surface area contributed by atoms with Gasteiger partial charge in [-0.1, -0.05) is 0 Å². The first-order valence-corrected chi connectivity index (χ1v) is 8.84. The first-order valence-electron chi connectivity index (χ1n) is 8.84. The largest absolute Gasteiger partial charge is 0.382 e. The minimum atomic E-state index is 0.645. The van der Waals surface area contributed by atoms with E-state index in [4.69, 9.17) is 9.47 Å². The molecule has 0 aliphatic heterocycles. The third-order valence-electron chi connectivity index (χ3n) is 3.53. The van der Waals surface area contributed by atoms with Gasteiger partial charge >= 0.3 is 0 Å². The second-order valence-electron chi connectivity index (χ2n) is 5.52. The fourth-order valence-electron chi connectivity index (χ4n) is 2.20. The molecule has 1 aromatic heterocycles. The predicted molar refractivity (Wildman–Crippen MR) is 97.5 cm³/mol. The lowest BCUT2D eigenvalue weighted by Gasteiger charge is -2.11. The highest BCUT2D eigenvalue weighted by Gasteiger charge is 1.99. The van der Waals surface area contributed by atoms with Gasteiger partial charge in [-0.3, -0.25) is 4.99 Å². The van der Waals surface area contributed by atoms with E-state index in [0.717, 1.165) is 63.8 Å². The molecule has 24 heavy (non-hydrogen) atoms. The van der Waals surface area contributed by atoms with Crippen LogP contribution in [0, 0.1) is 6.92 Å². The van der Waals surface area contributed by atoms with Crippen molar-refractivity contribution in [1.29, 1.82) is 0 Å². The molecule has 1 heterocycles. The first-order chi connectivity index (χ1) is 11.8. The number of aryl methyl sites for hydroxylation is 2. The maximum absolute atomic E-state index is 5.43. The molecule has 0 fully saturated rings. The lowest BCUT2D eigenvalue weighted by Crippen LogP contribution is -2.38. The van der Waals surface area contributed by atoms with Gasteiger partial charge in [0.2, 0.25) is 0 Å². The Morgan fingerprint density at radius 2 is 2.08 bits per heavy atom. The monoisotopic (exact) mass is 339 g/mol. The van der Waals surface area contributed by atoms with Crippen molar-refractivity contribution < 1.29 is 9.47 Å². The molecular weight excluding hydrogens is 306 g/mol. The standard InChI is InChI=1S/C17H33N5O2/c1-4-18-17(21-9-7-13-24-15-14-23-3)20-8-5-6-11-22-12-10-19-16(22)2/h10,12H,4-9,11,13-15H2,1-3H3,(H2,18,20,21). The summed E-state index contributed by atoms with van der Waals surface area (Å²) in [6.45, 7) is 9.68. The first kappa shape index (κ1) is 20.4. The van der Waals surface area contributed by atoms with Crippen molar-refractivity contribution in [3.63, 3.8) is 0 Å². The number of aliphatic imine (C=N–C) groups is 1. The maximum atomic E-state index is 5.43. The van der Waals surface area contributed by atoms with Crippen molar-refractivity contribution >= 4 is 5.96 Å². The summed E-state index contributed by atoms with van der Waals surface area (Å²) in [6.07, 6.45) is 7.02. The number of aromatic nitrogens is 2. The molecule has 7 heteroatoms. The van der Waals surface area contributed by atoms with E-state index in [0.29, 0.717) is 13.2 Å². The number of imidazole rings is 1. The summed E-state index contributed by atoms with van der Waals surface area (Å²) in [5, 5.41) is 6.65. The molecule has 0 atom stereocenters. The Hall–Kier alpha value is -1.60. The van der Waals surface area contributed by atoms with Crippen molar-refractivity contribution in [3.05, 3.63) is 18.2 Å². The Kier molecular flexibility index (Phi) is 11.8. The molecule has 2 N–H and O–H groups in total. The molecule has 7 nitrogen and oxygen atoms in total. The molecule has 0 radical (unpaired) electrons. The van der Waals surface area contributed by atoms with Crippen molar-refractivity contribution in [1.82, 2.24) is 20.2 Å². The van der Waals surface area contributed by atoms with Crippen LogP contribution in [0.25, 0.3) is 0 Å². The summed E-state index contributed by atoms with van der Waals surface area (Å²) >= 11 is 0. The van der Waals surface area contributed by atoms with E-state index >= 15 is 0 Å². The Bertz CT molecular complexity index is 448. The molecule has 0 spiro atoms. The van der Waals surface area contributed by atoms with Crippen molar-refractivity contribution in [3.8, 4) is 0 Å². The summed E-state index contributed by atoms with van der Waals surface area (Å²) in [7, 11) is 1.68. The van der Waals surface area contributed by atoms with Gasteiger partial charge in [-0.15, -0.1) is 0 Å². The van der Waals surface area contributed by atoms with Crippen LogP contribution in [0.2, 0.25) is 0 Å². The lowest BCUT2D eigenvalue weighted by molar-refractivity contribution is 0.0702. The summed E-state index contributed by atoms with van der Waals surface area (Å²) in [5.74, 6) is 1.96. The molecule has 0 unspecified atom stereocenters. The third-order valence-corrected chi connectivity index (χ3v) is 3.53. The number of rotatable bonds is 13. The zero-order valence-electron chi connectivity index (χ0n) is 15.4. The average Bonchev–Trinajstić information content (AvgIpc) is 2.98. The zero-order valence-corrected chi connectivity index (χ0v) is 15.4. The van der Waals surface area contributed by atoms with Crippen LogP contribution in [0.3, 0.4) is 0 Å². The number of guanidine groups is 1. The molecular formula is C17H33N5O2. The number of hydrogen-bond donors (Lipinski definition) is 2. The highest BCUT2D eigenvalue weighted by molar-refractivity contribution is 5.79. The third kappa shape index (κ3) is 9.52. The normalized spacial score (nSPS) is 11.7. The summed E-state index contributed by atoms with van der Waals surface area (Å²) in [5.41, 5.74) is 0. The number of nitrogens with zero attached hydrogens (tertiary/aromatic N) is 3. The summed E-state index contributed by atoms with van der Waals surface area (Å²) in [4.78, 5) is 8.80. The minimum Gasteiger partial charge on any atom is -0.382 e. The summed E-state index contributed by atoms with van der Waals surface area (Å²) < 4.78 is 12.6. The van der Waals surface area contributed by atoms with Gasteiger partial charge in [-0.05, 0) is 33.1 Å². The van der Waals surface area contributed by atoms with Gasteiger partial charge in [-0.25, -0.2) is 4.98 Å². The van der Waals surface area contributed by atoms with Crippen LogP contribution in [0.5, 0.6) is 0 Å². The Labute approximate surface area is 145 Å². The second-order valence-corrected chi connectivity index (χ2v) is 5.52. The number of ether oxygens (including phenoxy) is 2. The number of hydrogen-bond acceptors (Lipinski definition) is 4. The highest BCUT2D eigenvalue weighted by Crippen LogP contribution is 1.99. The van der Waals surface area contributed by atoms with E-state index in [1.807, 2.05) is 19.3 Å². The molecule has 0 aliphatic carbocycles. The molecule has 0 aliphatic rings. The average molecular weight is 339 g/mol. The number of methoxy groups -OCH3 is 1. The van der Waals surface area contributed by atoms with Crippen LogP contribution >= 0.6 is 0 Å². The van der Waals surface area contributed by atoms with E-state index in [9.17, 15) is 0 Å². The SMILES string of the molecule is CCNC(=NCCCOCCOC)NCCCCn1ccnc1C. The minimum absolute atomic E-state index is 0.645. The fourth-order valence-corrected chi connectivity index (χ4v) is 2.20. The highest BCUT2D eigenvalue weighted by atomic mass is 16.5. The molecule has 0 saturated heterocycles. The number of nitrogens with one attached hydrogen (secondary N) is 2. The van der Waals surface area contributed by atoms with Crippen LogP contribution in [0.1, 0.15) is 32.0 Å². The summed E-state index contributed by atoms with van der Waals surface area (Å²) in [6, 6.07) is 0. The van der Waals surface area contributed by atoms with Crippen LogP contribution in [-0.4, -0.2) is 62.1 Å². The van der Waals surface area contributed by atoms with E-state index < -0.39 is 0 Å². The number of unbranched alkanes of at least 4 members (excludes halogenated alkanes) is 1. The molecule has 0 bridgehead atoms. The van der Waals surface area contributed by atoms with Crippen molar-refractivity contribution in [2.24, 2.45) is 4.99 Å². The van der Waals surface area contributed by atoms with Gasteiger partial charge in [0, 0.05) is 52.3 Å². The molecule has 1 rings (SSSR count). The van der Waals surface area contributed by atoms with Crippen molar-refractivity contribution in [2.45, 2.75) is 39.7 Å². The molecule has 1 aromatic rings. The fraction of sp³-hybridized carbons (Fsp3) is 0.765. The molecule has 0 saturated carbocycles. The molecule has 138 valence electrons. The topological polar surface area (TPSA) is 72.7 Å². The predicted octanol–water partition coefficient (Wildman–Crippen LogP) is 1.58. The van der Waals surface area contributed by atoms with Gasteiger partial charge in [0.25, 0.3) is 0 Å². The molecule has 0 amide bonds. The van der Waals surface area contributed by atoms with Crippen molar-refractivity contribution in [2.75, 3.05) is 46.6 Å². The van der Waals surface area contributed by atoms with Crippen LogP contribution < -0.4 is 10.6 Å². The quantitative estimate of drug-likeness (QED) is 0.324. The van der Waals surface area contributed by atoms with Crippen LogP contribution in [0.4, 0.5) is 0 Å². The van der Waals surface area contributed by atoms with E-state index in [1.165, 1.54) is 0 Å². The Morgan fingerprint density at radius 1 is 1.21 bits per heavy atom. The second kappa shape index (κ2) is 13.8. The zero-order chi connectivity index (χ0) is 17.5. The Morgan fingerprint density at radius 3 is 2.79 bits per heavy atom. The van der Waals surface area contributed by atoms with E-state index in [2.05, 4.69) is 32.1 Å². The van der Waals surface area contributed by atoms with E-state index in [-0.39, 0.29) is 0 Å².